The summed E-state index contributed by atoms with van der Waals surface area (Å²) in [6.07, 6.45) is 0. The van der Waals surface area contributed by atoms with Crippen molar-refractivity contribution in [1.82, 2.24) is 15.1 Å². The fraction of sp³-hybridized carbons (Fsp3) is 0.438. The van der Waals surface area contributed by atoms with Crippen molar-refractivity contribution in [3.05, 3.63) is 35.4 Å². The number of hydrogen-bond donors (Lipinski definition) is 2. The smallest absolute Gasteiger partial charge is 0.254 e. The molecule has 2 aliphatic heterocycles. The third-order valence-electron chi connectivity index (χ3n) is 4.32. The molecular formula is C16H19N3O4. The molecule has 2 saturated heterocycles. The summed E-state index contributed by atoms with van der Waals surface area (Å²) in [7, 11) is 0. The van der Waals surface area contributed by atoms with Crippen molar-refractivity contribution < 1.29 is 19.5 Å². The minimum atomic E-state index is -0.877. The number of fused-ring (bicyclic) bond motifs is 1. The topological polar surface area (TPSA) is 90.0 Å². The molecule has 0 radical (unpaired) electrons. The maximum absolute atomic E-state index is 12.6. The van der Waals surface area contributed by atoms with Gasteiger partial charge in [-0.05, 0) is 19.1 Å². The summed E-state index contributed by atoms with van der Waals surface area (Å²) in [6.45, 7) is 2.34. The minimum Gasteiger partial charge on any atom is -0.394 e. The first-order chi connectivity index (χ1) is 11.0. The van der Waals surface area contributed by atoms with Crippen molar-refractivity contribution in [2.45, 2.75) is 19.0 Å². The van der Waals surface area contributed by atoms with Crippen LogP contribution in [-0.4, -0.2) is 71.0 Å². The summed E-state index contributed by atoms with van der Waals surface area (Å²) >= 11 is 0. The molecule has 2 atom stereocenters. The molecule has 1 aromatic carbocycles. The highest BCUT2D eigenvalue weighted by Gasteiger charge is 2.44. The quantitative estimate of drug-likeness (QED) is 0.743. The molecule has 0 saturated carbocycles. The molecule has 0 aromatic heterocycles. The molecule has 7 nitrogen and oxygen atoms in total. The molecule has 2 heterocycles. The zero-order valence-electron chi connectivity index (χ0n) is 12.9. The van der Waals surface area contributed by atoms with Crippen LogP contribution >= 0.6 is 0 Å². The van der Waals surface area contributed by atoms with E-state index >= 15 is 0 Å². The van der Waals surface area contributed by atoms with Crippen molar-refractivity contribution in [1.29, 1.82) is 0 Å². The van der Waals surface area contributed by atoms with Gasteiger partial charge in [0.05, 0.1) is 13.2 Å². The number of nitrogens with zero attached hydrogens (tertiary/aromatic N) is 2. The average molecular weight is 317 g/mol. The highest BCUT2D eigenvalue weighted by atomic mass is 16.3. The van der Waals surface area contributed by atoms with Gasteiger partial charge in [0.15, 0.2) is 0 Å². The van der Waals surface area contributed by atoms with Crippen LogP contribution in [0, 0.1) is 6.92 Å². The lowest BCUT2D eigenvalue weighted by molar-refractivity contribution is -0.153. The van der Waals surface area contributed by atoms with E-state index in [2.05, 4.69) is 5.32 Å². The molecule has 0 unspecified atom stereocenters. The lowest BCUT2D eigenvalue weighted by Crippen LogP contribution is -2.70. The number of amides is 3. The lowest BCUT2D eigenvalue weighted by Gasteiger charge is -2.44. The molecule has 3 rings (SSSR count). The Kier molecular flexibility index (Phi) is 4.04. The van der Waals surface area contributed by atoms with Gasteiger partial charge in [0, 0.05) is 18.7 Å². The Bertz CT molecular complexity index is 660. The SMILES string of the molecule is Cc1cccc(C(=O)N2CCN3C(=O)[C@H](CO)NC(=O)[C@H]3C2)c1. The number of benzene rings is 1. The molecule has 7 heteroatoms. The Labute approximate surface area is 133 Å². The highest BCUT2D eigenvalue weighted by molar-refractivity contribution is 5.99. The van der Waals surface area contributed by atoms with Gasteiger partial charge >= 0.3 is 0 Å². The number of aliphatic hydroxyl groups is 1. The second-order valence-corrected chi connectivity index (χ2v) is 5.91. The Morgan fingerprint density at radius 3 is 2.83 bits per heavy atom. The molecule has 2 N–H and O–H groups in total. The van der Waals surface area contributed by atoms with Crippen LogP contribution in [0.15, 0.2) is 24.3 Å². The maximum atomic E-state index is 12.6. The van der Waals surface area contributed by atoms with Crippen molar-refractivity contribution in [3.8, 4) is 0 Å². The van der Waals surface area contributed by atoms with Gasteiger partial charge in [-0.25, -0.2) is 0 Å². The van der Waals surface area contributed by atoms with Gasteiger partial charge in [0.2, 0.25) is 11.8 Å². The van der Waals surface area contributed by atoms with Crippen LogP contribution in [0.2, 0.25) is 0 Å². The first-order valence-corrected chi connectivity index (χ1v) is 7.59. The van der Waals surface area contributed by atoms with E-state index in [-0.39, 0.29) is 24.3 Å². The molecular weight excluding hydrogens is 298 g/mol. The standard InChI is InChI=1S/C16H19N3O4/c1-10-3-2-4-11(7-10)15(22)18-5-6-19-13(8-18)14(21)17-12(9-20)16(19)23/h2-4,7,12-13,20H,5-6,8-9H2,1H3,(H,17,21)/t12-,13+/m0/s1. The molecule has 0 bridgehead atoms. The van der Waals surface area contributed by atoms with E-state index in [1.165, 1.54) is 4.90 Å². The summed E-state index contributed by atoms with van der Waals surface area (Å²) in [5.74, 6) is -0.761. The van der Waals surface area contributed by atoms with Crippen LogP contribution in [0.4, 0.5) is 0 Å². The Balaban J connectivity index is 1.76. The Hall–Kier alpha value is -2.41. The largest absolute Gasteiger partial charge is 0.394 e. The third kappa shape index (κ3) is 2.79. The molecule has 3 amide bonds. The summed E-state index contributed by atoms with van der Waals surface area (Å²) in [5.41, 5.74) is 1.57. The van der Waals surface area contributed by atoms with Gasteiger partial charge in [-0.2, -0.15) is 0 Å². The van der Waals surface area contributed by atoms with E-state index in [0.717, 1.165) is 5.56 Å². The average Bonchev–Trinajstić information content (AvgIpc) is 2.57. The monoisotopic (exact) mass is 317 g/mol. The number of hydrogen-bond acceptors (Lipinski definition) is 4. The highest BCUT2D eigenvalue weighted by Crippen LogP contribution is 2.18. The number of piperazine rings is 2. The van der Waals surface area contributed by atoms with Crippen LogP contribution < -0.4 is 5.32 Å². The Morgan fingerprint density at radius 1 is 1.35 bits per heavy atom. The number of carbonyl (C=O) groups excluding carboxylic acids is 3. The van der Waals surface area contributed by atoms with Crippen LogP contribution in [-0.2, 0) is 9.59 Å². The third-order valence-corrected chi connectivity index (χ3v) is 4.32. The van der Waals surface area contributed by atoms with E-state index in [1.807, 2.05) is 25.1 Å². The first kappa shape index (κ1) is 15.5. The van der Waals surface area contributed by atoms with E-state index in [0.29, 0.717) is 18.7 Å². The normalized spacial score (nSPS) is 24.3. The number of rotatable bonds is 2. The summed E-state index contributed by atoms with van der Waals surface area (Å²) in [6, 6.07) is 5.72. The van der Waals surface area contributed by atoms with Crippen LogP contribution in [0.25, 0.3) is 0 Å². The molecule has 1 aromatic rings. The van der Waals surface area contributed by atoms with Crippen molar-refractivity contribution in [2.24, 2.45) is 0 Å². The molecule has 2 aliphatic rings. The van der Waals surface area contributed by atoms with Gasteiger partial charge in [-0.3, -0.25) is 14.4 Å². The van der Waals surface area contributed by atoms with Gasteiger partial charge < -0.3 is 20.2 Å². The Morgan fingerprint density at radius 2 is 2.13 bits per heavy atom. The maximum Gasteiger partial charge on any atom is 0.254 e. The predicted octanol–water partition coefficient (Wildman–Crippen LogP) is -0.861. The van der Waals surface area contributed by atoms with Gasteiger partial charge in [0.1, 0.15) is 12.1 Å². The van der Waals surface area contributed by atoms with E-state index in [1.54, 1.807) is 11.0 Å². The summed E-state index contributed by atoms with van der Waals surface area (Å²) < 4.78 is 0. The minimum absolute atomic E-state index is 0.141. The lowest BCUT2D eigenvalue weighted by atomic mass is 10.0. The van der Waals surface area contributed by atoms with Crippen molar-refractivity contribution >= 4 is 17.7 Å². The van der Waals surface area contributed by atoms with Gasteiger partial charge in [0.25, 0.3) is 5.91 Å². The predicted molar refractivity (Wildman–Crippen MR) is 81.6 cm³/mol. The number of aliphatic hydroxyl groups excluding tert-OH is 1. The molecule has 122 valence electrons. The van der Waals surface area contributed by atoms with Crippen molar-refractivity contribution in [2.75, 3.05) is 26.2 Å². The number of nitrogens with one attached hydrogen (secondary N) is 1. The second kappa shape index (κ2) is 6.00. The summed E-state index contributed by atoms with van der Waals surface area (Å²) in [4.78, 5) is 40.0. The fourth-order valence-corrected chi connectivity index (χ4v) is 3.07. The van der Waals surface area contributed by atoms with Crippen molar-refractivity contribution in [3.63, 3.8) is 0 Å². The van der Waals surface area contributed by atoms with E-state index in [4.69, 9.17) is 5.11 Å². The van der Waals surface area contributed by atoms with E-state index in [9.17, 15) is 14.4 Å². The fourth-order valence-electron chi connectivity index (χ4n) is 3.07. The van der Waals surface area contributed by atoms with Crippen LogP contribution in [0.1, 0.15) is 15.9 Å². The van der Waals surface area contributed by atoms with Crippen LogP contribution in [0.5, 0.6) is 0 Å². The zero-order chi connectivity index (χ0) is 16.6. The first-order valence-electron chi connectivity index (χ1n) is 7.59. The van der Waals surface area contributed by atoms with Gasteiger partial charge in [-0.15, -0.1) is 0 Å². The number of carbonyl (C=O) groups is 3. The van der Waals surface area contributed by atoms with Crippen LogP contribution in [0.3, 0.4) is 0 Å². The zero-order valence-corrected chi connectivity index (χ0v) is 12.9. The molecule has 2 fully saturated rings. The molecule has 0 aliphatic carbocycles. The molecule has 23 heavy (non-hydrogen) atoms. The second-order valence-electron chi connectivity index (χ2n) is 5.91. The molecule has 0 spiro atoms. The summed E-state index contributed by atoms with van der Waals surface area (Å²) in [5, 5.41) is 11.7. The van der Waals surface area contributed by atoms with Gasteiger partial charge in [-0.1, -0.05) is 17.7 Å². The van der Waals surface area contributed by atoms with E-state index < -0.39 is 18.7 Å². The number of aryl methyl sites for hydroxylation is 1.